The predicted molar refractivity (Wildman–Crippen MR) is 187 cm³/mol. The van der Waals surface area contributed by atoms with Crippen LogP contribution in [-0.4, -0.2) is 76.4 Å². The number of hydrogen-bond acceptors (Lipinski definition) is 10. The van der Waals surface area contributed by atoms with Crippen LogP contribution in [0.2, 0.25) is 0 Å². The maximum absolute atomic E-state index is 12.8. The molecule has 0 aliphatic rings. The third-order valence-corrected chi connectivity index (χ3v) is 8.08. The first-order chi connectivity index (χ1) is 23.8. The van der Waals surface area contributed by atoms with Gasteiger partial charge in [0, 0.05) is 71.2 Å². The van der Waals surface area contributed by atoms with Gasteiger partial charge in [-0.3, -0.25) is 25.2 Å². The lowest BCUT2D eigenvalue weighted by Gasteiger charge is -2.19. The molecule has 0 bridgehead atoms. The van der Waals surface area contributed by atoms with Gasteiger partial charge in [-0.1, -0.05) is 60.7 Å². The zero-order valence-electron chi connectivity index (χ0n) is 28.5. The second-order valence-electron chi connectivity index (χ2n) is 12.1. The van der Waals surface area contributed by atoms with E-state index in [4.69, 9.17) is 14.5 Å². The van der Waals surface area contributed by atoms with E-state index in [1.165, 1.54) is 25.3 Å². The standard InChI is InChI=1S/C37H44N8O4/c1-43(2)33-15-29(19-38-34(36(46)48-3)17-31-23-44(25-40-31)21-27-11-7-5-8-12-27)42-30(16-33)20-39-35(37(47)49-4)18-32-24-45(26-41-32)22-28-13-9-6-10-14-28/h5-16,23-26,34-35,38-39H,17-22H2,1-4H3/t34-,35-/m0/s1. The summed E-state index contributed by atoms with van der Waals surface area (Å²) in [6.45, 7) is 2.02. The summed E-state index contributed by atoms with van der Waals surface area (Å²) >= 11 is 0. The highest BCUT2D eigenvalue weighted by Crippen LogP contribution is 2.16. The average Bonchev–Trinajstić information content (AvgIpc) is 3.77. The second kappa shape index (κ2) is 17.2. The smallest absolute Gasteiger partial charge is 0.323 e. The van der Waals surface area contributed by atoms with Crippen molar-refractivity contribution in [3.05, 3.63) is 132 Å². The zero-order chi connectivity index (χ0) is 34.6. The number of nitrogens with zero attached hydrogens (tertiary/aromatic N) is 6. The number of ether oxygens (including phenoxy) is 2. The summed E-state index contributed by atoms with van der Waals surface area (Å²) in [4.78, 5) is 41.5. The van der Waals surface area contributed by atoms with E-state index in [1.807, 2.05) is 89.1 Å². The molecule has 0 unspecified atom stereocenters. The quantitative estimate of drug-likeness (QED) is 0.143. The first kappa shape index (κ1) is 35.0. The van der Waals surface area contributed by atoms with Gasteiger partial charge in [-0.15, -0.1) is 0 Å². The first-order valence-electron chi connectivity index (χ1n) is 16.2. The van der Waals surface area contributed by atoms with Crippen LogP contribution in [0.15, 0.2) is 97.8 Å². The van der Waals surface area contributed by atoms with Crippen LogP contribution < -0.4 is 15.5 Å². The van der Waals surface area contributed by atoms with E-state index in [-0.39, 0.29) is 11.9 Å². The number of aromatic nitrogens is 5. The van der Waals surface area contributed by atoms with Crippen molar-refractivity contribution in [3.8, 4) is 0 Å². The number of carbonyl (C=O) groups is 2. The molecule has 0 fully saturated rings. The lowest BCUT2D eigenvalue weighted by atomic mass is 10.1. The third kappa shape index (κ3) is 10.3. The number of pyridine rings is 1. The van der Waals surface area contributed by atoms with Crippen molar-refractivity contribution >= 4 is 17.6 Å². The monoisotopic (exact) mass is 664 g/mol. The first-order valence-corrected chi connectivity index (χ1v) is 16.2. The molecule has 0 radical (unpaired) electrons. The summed E-state index contributed by atoms with van der Waals surface area (Å²) in [5.41, 5.74) is 6.29. The minimum Gasteiger partial charge on any atom is -0.468 e. The molecule has 0 amide bonds. The van der Waals surface area contributed by atoms with Crippen molar-refractivity contribution in [2.45, 2.75) is 51.1 Å². The summed E-state index contributed by atoms with van der Waals surface area (Å²) < 4.78 is 14.2. The highest BCUT2D eigenvalue weighted by atomic mass is 16.5. The molecule has 2 atom stereocenters. The van der Waals surface area contributed by atoms with Gasteiger partial charge in [-0.2, -0.15) is 0 Å². The maximum Gasteiger partial charge on any atom is 0.323 e. The topological polar surface area (TPSA) is 128 Å². The Bertz CT molecular complexity index is 1660. The van der Waals surface area contributed by atoms with Gasteiger partial charge in [0.15, 0.2) is 0 Å². The fourth-order valence-electron chi connectivity index (χ4n) is 5.49. The van der Waals surface area contributed by atoms with Crippen molar-refractivity contribution in [1.82, 2.24) is 34.7 Å². The zero-order valence-corrected chi connectivity index (χ0v) is 28.5. The van der Waals surface area contributed by atoms with E-state index < -0.39 is 12.1 Å². The summed E-state index contributed by atoms with van der Waals surface area (Å²) in [7, 11) is 6.67. The van der Waals surface area contributed by atoms with Crippen LogP contribution in [0.5, 0.6) is 0 Å². The number of esters is 2. The summed E-state index contributed by atoms with van der Waals surface area (Å²) in [5.74, 6) is -0.759. The van der Waals surface area contributed by atoms with Crippen molar-refractivity contribution in [2.24, 2.45) is 0 Å². The molecule has 0 aliphatic carbocycles. The summed E-state index contributed by atoms with van der Waals surface area (Å²) in [5, 5.41) is 6.64. The molecule has 0 aliphatic heterocycles. The molecule has 12 nitrogen and oxygen atoms in total. The van der Waals surface area contributed by atoms with Gasteiger partial charge in [0.05, 0.1) is 49.6 Å². The van der Waals surface area contributed by atoms with Crippen LogP contribution in [0, 0.1) is 0 Å². The minimum atomic E-state index is -0.623. The Labute approximate surface area is 287 Å². The van der Waals surface area contributed by atoms with E-state index in [9.17, 15) is 9.59 Å². The number of anilines is 1. The SMILES string of the molecule is COC(=O)[C@H](Cc1cn(Cc2ccccc2)cn1)NCc1cc(N(C)C)cc(CN[C@@H](Cc2cn(Cc3ccccc3)cn2)C(=O)OC)n1. The van der Waals surface area contributed by atoms with E-state index in [0.29, 0.717) is 39.0 Å². The van der Waals surface area contributed by atoms with E-state index in [1.54, 1.807) is 12.7 Å². The van der Waals surface area contributed by atoms with Gasteiger partial charge in [0.1, 0.15) is 12.1 Å². The van der Waals surface area contributed by atoms with Crippen LogP contribution in [0.1, 0.15) is 33.9 Å². The molecule has 2 aromatic carbocycles. The highest BCUT2D eigenvalue weighted by Gasteiger charge is 2.23. The van der Waals surface area contributed by atoms with Gasteiger partial charge in [0.2, 0.25) is 0 Å². The summed E-state index contributed by atoms with van der Waals surface area (Å²) in [6, 6.07) is 23.0. The third-order valence-electron chi connectivity index (χ3n) is 8.08. The largest absolute Gasteiger partial charge is 0.468 e. The molecule has 0 saturated heterocycles. The molecular weight excluding hydrogens is 620 g/mol. The van der Waals surface area contributed by atoms with Crippen LogP contribution >= 0.6 is 0 Å². The number of carbonyl (C=O) groups excluding carboxylic acids is 2. The van der Waals surface area contributed by atoms with Gasteiger partial charge >= 0.3 is 11.9 Å². The lowest BCUT2D eigenvalue weighted by molar-refractivity contribution is -0.144. The van der Waals surface area contributed by atoms with E-state index in [0.717, 1.165) is 28.5 Å². The van der Waals surface area contributed by atoms with Crippen LogP contribution in [0.25, 0.3) is 0 Å². The van der Waals surface area contributed by atoms with E-state index in [2.05, 4.69) is 44.9 Å². The number of nitrogens with one attached hydrogen (secondary N) is 2. The number of benzene rings is 2. The Morgan fingerprint density at radius 1 is 0.694 bits per heavy atom. The fraction of sp³-hybridized carbons (Fsp3) is 0.324. The summed E-state index contributed by atoms with van der Waals surface area (Å²) in [6.07, 6.45) is 8.16. The Hall–Kier alpha value is -5.33. The van der Waals surface area contributed by atoms with Crippen molar-refractivity contribution < 1.29 is 19.1 Å². The molecule has 5 aromatic rings. The minimum absolute atomic E-state index is 0.318. The van der Waals surface area contributed by atoms with Gasteiger partial charge in [-0.25, -0.2) is 9.97 Å². The van der Waals surface area contributed by atoms with Crippen LogP contribution in [-0.2, 0) is 58.1 Å². The number of methoxy groups -OCH3 is 2. The van der Waals surface area contributed by atoms with E-state index >= 15 is 0 Å². The molecule has 49 heavy (non-hydrogen) atoms. The fourth-order valence-corrected chi connectivity index (χ4v) is 5.49. The van der Waals surface area contributed by atoms with Gasteiger partial charge < -0.3 is 23.5 Å². The number of rotatable bonds is 17. The van der Waals surface area contributed by atoms with Crippen molar-refractivity contribution in [3.63, 3.8) is 0 Å². The van der Waals surface area contributed by atoms with Gasteiger partial charge in [-0.05, 0) is 23.3 Å². The molecule has 0 saturated carbocycles. The second-order valence-corrected chi connectivity index (χ2v) is 12.1. The highest BCUT2D eigenvalue weighted by molar-refractivity contribution is 5.76. The molecule has 2 N–H and O–H groups in total. The molecule has 5 rings (SSSR count). The number of imidazole rings is 2. The molecule has 3 heterocycles. The van der Waals surface area contributed by atoms with Crippen LogP contribution in [0.4, 0.5) is 5.69 Å². The molecule has 0 spiro atoms. The number of hydrogen-bond donors (Lipinski definition) is 2. The molecule has 256 valence electrons. The molecule has 3 aromatic heterocycles. The Kier molecular flexibility index (Phi) is 12.3. The Morgan fingerprint density at radius 2 is 1.12 bits per heavy atom. The lowest BCUT2D eigenvalue weighted by Crippen LogP contribution is -2.40. The average molecular weight is 665 g/mol. The molecular formula is C37H44N8O4. The Balaban J connectivity index is 1.23. The van der Waals surface area contributed by atoms with Crippen molar-refractivity contribution in [2.75, 3.05) is 33.2 Å². The predicted octanol–water partition coefficient (Wildman–Crippen LogP) is 3.39. The Morgan fingerprint density at radius 3 is 1.51 bits per heavy atom. The van der Waals surface area contributed by atoms with Crippen molar-refractivity contribution in [1.29, 1.82) is 0 Å². The normalized spacial score (nSPS) is 12.3. The van der Waals surface area contributed by atoms with Crippen LogP contribution in [0.3, 0.4) is 0 Å². The molecule has 12 heteroatoms. The maximum atomic E-state index is 12.8. The van der Waals surface area contributed by atoms with Gasteiger partial charge in [0.25, 0.3) is 0 Å².